The number of rotatable bonds is 8. The van der Waals surface area contributed by atoms with Crippen LogP contribution in [0.5, 0.6) is 0 Å². The quantitative estimate of drug-likeness (QED) is 0.415. The molecule has 0 aliphatic carbocycles. The number of unbranched alkanes of at least 4 members (excludes halogenated alkanes) is 1. The number of tetrazole rings is 1. The van der Waals surface area contributed by atoms with Gasteiger partial charge in [-0.2, -0.15) is 4.68 Å². The lowest BCUT2D eigenvalue weighted by Crippen LogP contribution is -2.24. The molecule has 1 aliphatic heterocycles. The fourth-order valence-electron chi connectivity index (χ4n) is 3.38. The van der Waals surface area contributed by atoms with Crippen LogP contribution in [0.1, 0.15) is 46.0 Å². The van der Waals surface area contributed by atoms with Gasteiger partial charge in [0.15, 0.2) is 0 Å². The van der Waals surface area contributed by atoms with E-state index in [-0.39, 0.29) is 29.0 Å². The Labute approximate surface area is 189 Å². The maximum Gasteiger partial charge on any atom is 0.261 e. The van der Waals surface area contributed by atoms with Crippen molar-refractivity contribution in [2.24, 2.45) is 0 Å². The van der Waals surface area contributed by atoms with Gasteiger partial charge < -0.3 is 5.32 Å². The predicted octanol–water partition coefficient (Wildman–Crippen LogP) is 2.96. The maximum absolute atomic E-state index is 12.4. The van der Waals surface area contributed by atoms with Crippen LogP contribution in [0.2, 0.25) is 0 Å². The summed E-state index contributed by atoms with van der Waals surface area (Å²) < 4.78 is 1.59. The monoisotopic (exact) mass is 450 g/mol. The first-order valence-corrected chi connectivity index (χ1v) is 11.2. The van der Waals surface area contributed by atoms with Crippen molar-refractivity contribution in [2.45, 2.75) is 31.3 Å². The first-order valence-electron chi connectivity index (χ1n) is 10.2. The van der Waals surface area contributed by atoms with Gasteiger partial charge in [0, 0.05) is 12.7 Å². The number of amides is 3. The molecule has 4 rings (SSSR count). The van der Waals surface area contributed by atoms with Gasteiger partial charge in [-0.05, 0) is 59.2 Å². The van der Waals surface area contributed by atoms with Crippen molar-refractivity contribution >= 4 is 35.2 Å². The fraction of sp³-hybridized carbons (Fsp3) is 0.273. The summed E-state index contributed by atoms with van der Waals surface area (Å²) in [6.45, 7) is 2.17. The molecule has 3 amide bonds. The van der Waals surface area contributed by atoms with Crippen LogP contribution >= 0.6 is 11.8 Å². The van der Waals surface area contributed by atoms with Gasteiger partial charge in [0.2, 0.25) is 11.1 Å². The van der Waals surface area contributed by atoms with E-state index in [2.05, 4.69) is 39.9 Å². The van der Waals surface area contributed by atoms with Gasteiger partial charge in [0.05, 0.1) is 22.6 Å². The Morgan fingerprint density at radius 1 is 1.06 bits per heavy atom. The number of carbonyl (C=O) groups is 3. The third-order valence-electron chi connectivity index (χ3n) is 5.15. The Kier molecular flexibility index (Phi) is 6.31. The highest BCUT2D eigenvalue weighted by atomic mass is 32.2. The van der Waals surface area contributed by atoms with Gasteiger partial charge >= 0.3 is 0 Å². The zero-order valence-corrected chi connectivity index (χ0v) is 18.6. The van der Waals surface area contributed by atoms with Crippen molar-refractivity contribution in [1.29, 1.82) is 0 Å². The first kappa shape index (κ1) is 21.7. The Morgan fingerprint density at radius 2 is 1.81 bits per heavy atom. The molecule has 0 bridgehead atoms. The summed E-state index contributed by atoms with van der Waals surface area (Å²) in [4.78, 5) is 37.6. The Balaban J connectivity index is 1.38. The number of hydrogen-bond donors (Lipinski definition) is 1. The number of aryl methyl sites for hydroxylation is 1. The largest absolute Gasteiger partial charge is 0.325 e. The smallest absolute Gasteiger partial charge is 0.261 e. The lowest BCUT2D eigenvalue weighted by atomic mass is 10.1. The second-order valence-corrected chi connectivity index (χ2v) is 8.35. The van der Waals surface area contributed by atoms with Crippen molar-refractivity contribution in [2.75, 3.05) is 18.1 Å². The van der Waals surface area contributed by atoms with Crippen molar-refractivity contribution in [3.8, 4) is 5.69 Å². The molecule has 0 unspecified atom stereocenters. The van der Waals surface area contributed by atoms with Crippen molar-refractivity contribution in [1.82, 2.24) is 25.1 Å². The maximum atomic E-state index is 12.4. The minimum atomic E-state index is -0.379. The number of hydrogen-bond acceptors (Lipinski definition) is 7. The van der Waals surface area contributed by atoms with E-state index in [1.807, 2.05) is 12.1 Å². The second kappa shape index (κ2) is 9.31. The van der Waals surface area contributed by atoms with E-state index < -0.39 is 0 Å². The van der Waals surface area contributed by atoms with Crippen LogP contribution in [0.15, 0.2) is 47.6 Å². The van der Waals surface area contributed by atoms with Gasteiger partial charge in [0.1, 0.15) is 0 Å². The molecular weight excluding hydrogens is 428 g/mol. The number of anilines is 1. The summed E-state index contributed by atoms with van der Waals surface area (Å²) in [6, 6.07) is 12.7. The van der Waals surface area contributed by atoms with Crippen molar-refractivity contribution in [3.63, 3.8) is 0 Å². The van der Waals surface area contributed by atoms with Crippen LogP contribution in [-0.2, 0) is 11.2 Å². The van der Waals surface area contributed by atoms with Crippen LogP contribution in [0.25, 0.3) is 5.69 Å². The Bertz CT molecular complexity index is 1170. The first-order chi connectivity index (χ1) is 15.5. The summed E-state index contributed by atoms with van der Waals surface area (Å²) in [6.07, 6.45) is 3.33. The summed E-state index contributed by atoms with van der Waals surface area (Å²) >= 11 is 1.21. The molecule has 0 fully saturated rings. The second-order valence-electron chi connectivity index (χ2n) is 7.41. The molecule has 9 nitrogen and oxygen atoms in total. The highest BCUT2D eigenvalue weighted by Gasteiger charge is 2.32. The van der Waals surface area contributed by atoms with Gasteiger partial charge in [-0.3, -0.25) is 19.3 Å². The Hall–Kier alpha value is -3.53. The average Bonchev–Trinajstić information content (AvgIpc) is 3.36. The molecule has 0 saturated heterocycles. The molecule has 1 aliphatic rings. The Morgan fingerprint density at radius 3 is 2.56 bits per heavy atom. The zero-order chi connectivity index (χ0) is 22.7. The lowest BCUT2D eigenvalue weighted by molar-refractivity contribution is -0.113. The molecule has 1 aromatic heterocycles. The summed E-state index contributed by atoms with van der Waals surface area (Å²) in [7, 11) is 1.43. The summed E-state index contributed by atoms with van der Waals surface area (Å²) in [5.41, 5.74) is 3.16. The normalized spacial score (nSPS) is 12.9. The third kappa shape index (κ3) is 4.40. The molecule has 2 aromatic carbocycles. The van der Waals surface area contributed by atoms with Gasteiger partial charge in [0.25, 0.3) is 11.8 Å². The van der Waals surface area contributed by atoms with Crippen molar-refractivity contribution in [3.05, 3.63) is 59.2 Å². The number of nitrogens with zero attached hydrogens (tertiary/aromatic N) is 5. The van der Waals surface area contributed by atoms with Crippen LogP contribution in [0.4, 0.5) is 5.69 Å². The third-order valence-corrected chi connectivity index (χ3v) is 6.07. The van der Waals surface area contributed by atoms with Crippen LogP contribution in [0, 0.1) is 0 Å². The SMILES string of the molecule is CCCCc1ccc(-n2nnnc2SCC(=O)Nc2ccc3c(c2)C(=O)N(C)C3=O)cc1. The molecule has 0 radical (unpaired) electrons. The number of fused-ring (bicyclic) bond motifs is 1. The van der Waals surface area contributed by atoms with Crippen LogP contribution in [-0.4, -0.2) is 55.6 Å². The predicted molar refractivity (Wildman–Crippen MR) is 120 cm³/mol. The molecule has 0 atom stereocenters. The molecule has 1 N–H and O–H groups in total. The summed E-state index contributed by atoms with van der Waals surface area (Å²) in [5.74, 6) is -0.915. The van der Waals surface area contributed by atoms with E-state index in [0.717, 1.165) is 29.8 Å². The minimum absolute atomic E-state index is 0.0822. The molecule has 164 valence electrons. The number of nitrogens with one attached hydrogen (secondary N) is 1. The topological polar surface area (TPSA) is 110 Å². The van der Waals surface area contributed by atoms with Gasteiger partial charge in [-0.25, -0.2) is 0 Å². The minimum Gasteiger partial charge on any atom is -0.325 e. The van der Waals surface area contributed by atoms with Gasteiger partial charge in [-0.15, -0.1) is 5.10 Å². The van der Waals surface area contributed by atoms with Crippen molar-refractivity contribution < 1.29 is 14.4 Å². The van der Waals surface area contributed by atoms with Crippen LogP contribution in [0.3, 0.4) is 0 Å². The molecule has 10 heteroatoms. The molecule has 3 aromatic rings. The van der Waals surface area contributed by atoms with E-state index in [0.29, 0.717) is 16.4 Å². The number of aromatic nitrogens is 4. The number of carbonyl (C=O) groups excluding carboxylic acids is 3. The fourth-order valence-corrected chi connectivity index (χ4v) is 4.07. The average molecular weight is 451 g/mol. The van der Waals surface area contributed by atoms with E-state index in [1.54, 1.807) is 16.8 Å². The van der Waals surface area contributed by atoms with E-state index >= 15 is 0 Å². The molecule has 0 saturated carbocycles. The number of benzene rings is 2. The molecule has 32 heavy (non-hydrogen) atoms. The number of imide groups is 1. The molecule has 2 heterocycles. The standard InChI is InChI=1S/C22H22N6O3S/c1-3-4-5-14-6-9-16(10-7-14)28-22(24-25-26-28)32-13-19(29)23-15-8-11-17-18(12-15)21(31)27(2)20(17)30/h6-12H,3-5,13H2,1-2H3,(H,23,29). The number of thioether (sulfide) groups is 1. The molecule has 0 spiro atoms. The van der Waals surface area contributed by atoms with Gasteiger partial charge in [-0.1, -0.05) is 37.2 Å². The highest BCUT2D eigenvalue weighted by Crippen LogP contribution is 2.25. The summed E-state index contributed by atoms with van der Waals surface area (Å²) in [5, 5.41) is 15.0. The lowest BCUT2D eigenvalue weighted by Gasteiger charge is -2.07. The van der Waals surface area contributed by atoms with Crippen LogP contribution < -0.4 is 5.32 Å². The van der Waals surface area contributed by atoms with E-state index in [9.17, 15) is 14.4 Å². The van der Waals surface area contributed by atoms with E-state index in [4.69, 9.17) is 0 Å². The molecular formula is C22H22N6O3S. The highest BCUT2D eigenvalue weighted by molar-refractivity contribution is 7.99. The van der Waals surface area contributed by atoms with E-state index in [1.165, 1.54) is 30.4 Å². The zero-order valence-electron chi connectivity index (χ0n) is 17.7.